The van der Waals surface area contributed by atoms with Gasteiger partial charge in [0.25, 0.3) is 0 Å². The van der Waals surface area contributed by atoms with Crippen LogP contribution in [0.1, 0.15) is 40.3 Å². The molecule has 6 heteroatoms. The predicted molar refractivity (Wildman–Crippen MR) is 220 cm³/mol. The minimum Gasteiger partial charge on any atom is -0.399 e. The molecule has 0 radical (unpaired) electrons. The average molecular weight is 677 g/mol. The molecule has 6 aromatic carbocycles. The summed E-state index contributed by atoms with van der Waals surface area (Å²) < 4.78 is 0. The third kappa shape index (κ3) is 17.3. The van der Waals surface area contributed by atoms with E-state index < -0.39 is 0 Å². The van der Waals surface area contributed by atoms with Gasteiger partial charge in [-0.3, -0.25) is 0 Å². The number of hydrogen-bond acceptors (Lipinski definition) is 6. The second-order valence-corrected chi connectivity index (χ2v) is 10.5. The van der Waals surface area contributed by atoms with Crippen molar-refractivity contribution in [3.8, 4) is 54.4 Å². The molecule has 0 aromatic heterocycles. The molecule has 52 heavy (non-hydrogen) atoms. The van der Waals surface area contributed by atoms with Crippen LogP contribution in [0.25, 0.3) is 0 Å². The molecular weight excluding hydrogens is 637 g/mol. The predicted octanol–water partition coefficient (Wildman–Crippen LogP) is 7.95. The van der Waals surface area contributed by atoms with Crippen LogP contribution in [0.4, 0.5) is 28.4 Å². The summed E-state index contributed by atoms with van der Waals surface area (Å²) in [6.07, 6.45) is 10.2. The Bertz CT molecular complexity index is 2180. The van der Waals surface area contributed by atoms with Gasteiger partial charge < -0.3 is 28.7 Å². The van der Waals surface area contributed by atoms with Crippen LogP contribution in [0.5, 0.6) is 0 Å². The van der Waals surface area contributed by atoms with Crippen molar-refractivity contribution >= 4 is 28.4 Å². The molecule has 0 saturated heterocycles. The van der Waals surface area contributed by atoms with Crippen LogP contribution in [0, 0.1) is 59.7 Å². The van der Waals surface area contributed by atoms with Gasteiger partial charge in [0.2, 0.25) is 0 Å². The first-order chi connectivity index (χ1) is 25.1. The lowest BCUT2D eigenvalue weighted by Gasteiger charge is -1.92. The lowest BCUT2D eigenvalue weighted by molar-refractivity contribution is 1.49. The van der Waals surface area contributed by atoms with Crippen LogP contribution in [-0.4, -0.2) is 0 Å². The third-order valence-electron chi connectivity index (χ3n) is 6.34. The quantitative estimate of drug-likeness (QED) is 0.0813. The van der Waals surface area contributed by atoms with Crippen LogP contribution in [0.15, 0.2) is 152 Å². The fourth-order valence-corrected chi connectivity index (χ4v) is 3.81. The summed E-state index contributed by atoms with van der Waals surface area (Å²) in [7, 11) is 0. The van der Waals surface area contributed by atoms with Gasteiger partial charge in [0.1, 0.15) is 0 Å². The molecule has 0 bridgehead atoms. The lowest BCUT2D eigenvalue weighted by atomic mass is 10.2. The van der Waals surface area contributed by atoms with Crippen molar-refractivity contribution in [2.75, 3.05) is 28.7 Å². The first-order valence-electron chi connectivity index (χ1n) is 15.8. The molecule has 6 aromatic rings. The van der Waals surface area contributed by atoms with E-state index in [9.17, 15) is 0 Å². The zero-order valence-electron chi connectivity index (χ0n) is 28.9. The summed E-state index contributed by atoms with van der Waals surface area (Å²) in [6.45, 7) is 1.81. The number of nitrogens with two attached hydrogens (primary N) is 5. The standard InChI is InChI=1S/C14H11N.C9H9N.2C8H7N.C7H6N2/c15-14-8-4-7-13(11-14)10-9-12-5-2-1-3-6-12;1-2-4-8-5-3-6-9(10)7-8;1-2-7-3-5-8(9)6-4-7;1-2-7-4-3-5-8(9)6-7;8-5-6-1-3-7(9)4-2-6/h1-8,11H,15H2;3,5-7H,10H2,1H3;2*1,3-6H,9H2;1-4H,9H2. The van der Waals surface area contributed by atoms with E-state index in [4.69, 9.17) is 46.8 Å². The van der Waals surface area contributed by atoms with E-state index in [-0.39, 0.29) is 0 Å². The highest BCUT2D eigenvalue weighted by atomic mass is 14.5. The van der Waals surface area contributed by atoms with E-state index in [0.29, 0.717) is 16.9 Å². The van der Waals surface area contributed by atoms with Gasteiger partial charge in [0, 0.05) is 56.3 Å². The van der Waals surface area contributed by atoms with Gasteiger partial charge in [0.05, 0.1) is 11.6 Å². The Balaban J connectivity index is 0.000000229. The van der Waals surface area contributed by atoms with Gasteiger partial charge in [-0.25, -0.2) is 0 Å². The minimum atomic E-state index is 0.643. The molecule has 0 unspecified atom stereocenters. The van der Waals surface area contributed by atoms with Crippen molar-refractivity contribution in [3.05, 3.63) is 185 Å². The topological polar surface area (TPSA) is 154 Å². The van der Waals surface area contributed by atoms with Crippen molar-refractivity contribution in [3.63, 3.8) is 0 Å². The molecule has 0 aliphatic carbocycles. The van der Waals surface area contributed by atoms with E-state index >= 15 is 0 Å². The molecule has 254 valence electrons. The summed E-state index contributed by atoms with van der Waals surface area (Å²) >= 11 is 0. The van der Waals surface area contributed by atoms with Crippen LogP contribution in [0.2, 0.25) is 0 Å². The Kier molecular flexibility index (Phi) is 18.1. The molecule has 10 N–H and O–H groups in total. The maximum atomic E-state index is 8.34. The molecule has 0 spiro atoms. The Hall–Kier alpha value is -7.95. The van der Waals surface area contributed by atoms with Gasteiger partial charge in [-0.15, -0.1) is 18.8 Å². The highest BCUT2D eigenvalue weighted by Gasteiger charge is 1.89. The summed E-state index contributed by atoms with van der Waals surface area (Å²) in [5.74, 6) is 16.9. The van der Waals surface area contributed by atoms with E-state index in [2.05, 4.69) is 35.5 Å². The van der Waals surface area contributed by atoms with Crippen molar-refractivity contribution < 1.29 is 0 Å². The maximum absolute atomic E-state index is 8.34. The average Bonchev–Trinajstić information content (AvgIpc) is 3.16. The van der Waals surface area contributed by atoms with E-state index in [1.165, 1.54) is 0 Å². The van der Waals surface area contributed by atoms with Crippen molar-refractivity contribution in [1.29, 1.82) is 5.26 Å². The summed E-state index contributed by atoms with van der Waals surface area (Å²) in [4.78, 5) is 0. The monoisotopic (exact) mass is 676 g/mol. The number of nitrogens with zero attached hydrogens (tertiary/aromatic N) is 1. The highest BCUT2D eigenvalue weighted by molar-refractivity contribution is 5.50. The molecule has 0 aliphatic rings. The first-order valence-corrected chi connectivity index (χ1v) is 15.8. The molecule has 0 atom stereocenters. The number of hydrogen-bond donors (Lipinski definition) is 5. The summed E-state index contributed by atoms with van der Waals surface area (Å²) in [5.41, 5.74) is 36.3. The molecule has 0 heterocycles. The summed E-state index contributed by atoms with van der Waals surface area (Å²) in [6, 6.07) is 48.3. The Morgan fingerprint density at radius 1 is 0.385 bits per heavy atom. The van der Waals surface area contributed by atoms with Gasteiger partial charge in [-0.2, -0.15) is 5.26 Å². The van der Waals surface area contributed by atoms with Gasteiger partial charge >= 0.3 is 0 Å². The first kappa shape index (κ1) is 40.2. The van der Waals surface area contributed by atoms with E-state index in [0.717, 1.165) is 44.9 Å². The SMILES string of the molecule is C#Cc1ccc(N)cc1.C#Cc1cccc(N)c1.CC#Cc1cccc(N)c1.N#Cc1ccc(N)cc1.Nc1cccc(C#Cc2ccccc2)c1. The van der Waals surface area contributed by atoms with Gasteiger partial charge in [-0.05, 0) is 122 Å². The number of nitriles is 1. The van der Waals surface area contributed by atoms with E-state index in [1.54, 1.807) is 48.5 Å². The Labute approximate surface area is 307 Å². The van der Waals surface area contributed by atoms with Crippen LogP contribution in [0.3, 0.4) is 0 Å². The number of rotatable bonds is 0. The second-order valence-electron chi connectivity index (χ2n) is 10.5. The fourth-order valence-electron chi connectivity index (χ4n) is 3.81. The lowest BCUT2D eigenvalue weighted by Crippen LogP contribution is -1.84. The second kappa shape index (κ2) is 23.4. The fraction of sp³-hybridized carbons (Fsp3) is 0.0217. The molecular formula is C46H40N6. The van der Waals surface area contributed by atoms with Crippen LogP contribution in [-0.2, 0) is 0 Å². The normalized spacial score (nSPS) is 8.50. The largest absolute Gasteiger partial charge is 0.399 e. The smallest absolute Gasteiger partial charge is 0.0991 e. The molecule has 0 amide bonds. The highest BCUT2D eigenvalue weighted by Crippen LogP contribution is 2.07. The Morgan fingerprint density at radius 3 is 1.17 bits per heavy atom. The van der Waals surface area contributed by atoms with E-state index in [1.807, 2.05) is 116 Å². The Morgan fingerprint density at radius 2 is 0.769 bits per heavy atom. The maximum Gasteiger partial charge on any atom is 0.0991 e. The van der Waals surface area contributed by atoms with Crippen LogP contribution >= 0.6 is 0 Å². The number of benzene rings is 6. The van der Waals surface area contributed by atoms with Crippen LogP contribution < -0.4 is 28.7 Å². The van der Waals surface area contributed by atoms with Gasteiger partial charge in [-0.1, -0.05) is 66.0 Å². The zero-order valence-corrected chi connectivity index (χ0v) is 28.9. The minimum absolute atomic E-state index is 0.643. The number of terminal acetylenes is 2. The van der Waals surface area contributed by atoms with Crippen molar-refractivity contribution in [2.45, 2.75) is 6.92 Å². The van der Waals surface area contributed by atoms with Gasteiger partial charge in [0.15, 0.2) is 0 Å². The molecule has 6 nitrogen and oxygen atoms in total. The third-order valence-corrected chi connectivity index (χ3v) is 6.34. The number of anilines is 5. The number of nitrogen functional groups attached to an aromatic ring is 5. The molecule has 0 saturated carbocycles. The molecule has 0 fully saturated rings. The molecule has 0 aliphatic heterocycles. The van der Waals surface area contributed by atoms with Crippen molar-refractivity contribution in [2.24, 2.45) is 0 Å². The molecule has 6 rings (SSSR count). The summed E-state index contributed by atoms with van der Waals surface area (Å²) in [5, 5.41) is 8.34. The van der Waals surface area contributed by atoms with Crippen molar-refractivity contribution in [1.82, 2.24) is 0 Å². The zero-order chi connectivity index (χ0) is 38.0.